The van der Waals surface area contributed by atoms with Crippen LogP contribution in [0.15, 0.2) is 12.3 Å². The summed E-state index contributed by atoms with van der Waals surface area (Å²) in [5, 5.41) is 7.89. The number of hydrogen-bond donors (Lipinski definition) is 1. The first kappa shape index (κ1) is 15.8. The predicted octanol–water partition coefficient (Wildman–Crippen LogP) is 2.99. The van der Waals surface area contributed by atoms with Crippen molar-refractivity contribution in [1.29, 1.82) is 0 Å². The van der Waals surface area contributed by atoms with Gasteiger partial charge in [0.1, 0.15) is 5.82 Å². The molecule has 1 aliphatic heterocycles. The fourth-order valence-corrected chi connectivity index (χ4v) is 3.09. The van der Waals surface area contributed by atoms with Crippen LogP contribution in [-0.4, -0.2) is 32.8 Å². The fraction of sp³-hybridized carbons (Fsp3) is 0.588. The van der Waals surface area contributed by atoms with E-state index in [9.17, 15) is 0 Å². The van der Waals surface area contributed by atoms with Gasteiger partial charge in [0.2, 0.25) is 5.95 Å². The molecule has 6 heteroatoms. The van der Waals surface area contributed by atoms with E-state index < -0.39 is 0 Å². The number of rotatable bonds is 5. The lowest BCUT2D eigenvalue weighted by Gasteiger charge is -2.22. The molecule has 124 valence electrons. The minimum Gasteiger partial charge on any atom is -0.361 e. The quantitative estimate of drug-likeness (QED) is 0.919. The number of aryl methyl sites for hydroxylation is 2. The molecule has 3 rings (SSSR count). The summed E-state index contributed by atoms with van der Waals surface area (Å²) >= 11 is 0. The maximum Gasteiger partial charge on any atom is 0.227 e. The van der Waals surface area contributed by atoms with Crippen LogP contribution in [-0.2, 0) is 7.05 Å². The first-order chi connectivity index (χ1) is 11.1. The Bertz CT molecular complexity index is 672. The molecular weight excluding hydrogens is 288 g/mol. The Kier molecular flexibility index (Phi) is 4.50. The van der Waals surface area contributed by atoms with Crippen molar-refractivity contribution in [1.82, 2.24) is 19.7 Å². The zero-order valence-electron chi connectivity index (χ0n) is 14.5. The molecule has 1 atom stereocenters. The van der Waals surface area contributed by atoms with E-state index in [1.807, 2.05) is 17.9 Å². The van der Waals surface area contributed by atoms with Crippen molar-refractivity contribution < 1.29 is 0 Å². The summed E-state index contributed by atoms with van der Waals surface area (Å²) in [5.41, 5.74) is 3.34. The van der Waals surface area contributed by atoms with E-state index in [1.54, 1.807) is 0 Å². The molecule has 6 nitrogen and oxygen atoms in total. The van der Waals surface area contributed by atoms with Crippen molar-refractivity contribution >= 4 is 11.8 Å². The maximum absolute atomic E-state index is 4.82. The van der Waals surface area contributed by atoms with Crippen molar-refractivity contribution in [3.8, 4) is 0 Å². The minimum absolute atomic E-state index is 0.196. The van der Waals surface area contributed by atoms with Gasteiger partial charge in [0.05, 0.1) is 11.7 Å². The van der Waals surface area contributed by atoms with E-state index in [1.165, 1.54) is 18.5 Å². The molecule has 0 saturated carbocycles. The summed E-state index contributed by atoms with van der Waals surface area (Å²) in [7, 11) is 1.98. The van der Waals surface area contributed by atoms with E-state index in [4.69, 9.17) is 4.98 Å². The van der Waals surface area contributed by atoms with E-state index in [0.717, 1.165) is 42.5 Å². The Hall–Kier alpha value is -2.11. The summed E-state index contributed by atoms with van der Waals surface area (Å²) in [4.78, 5) is 11.8. The number of nitrogens with one attached hydrogen (secondary N) is 1. The van der Waals surface area contributed by atoms with Crippen molar-refractivity contribution in [2.75, 3.05) is 23.3 Å². The van der Waals surface area contributed by atoms with Crippen molar-refractivity contribution in [3.63, 3.8) is 0 Å². The molecule has 1 N–H and O–H groups in total. The van der Waals surface area contributed by atoms with Gasteiger partial charge in [0.25, 0.3) is 0 Å². The van der Waals surface area contributed by atoms with Crippen LogP contribution in [0.3, 0.4) is 0 Å². The molecular formula is C17H26N6. The van der Waals surface area contributed by atoms with Gasteiger partial charge < -0.3 is 10.2 Å². The van der Waals surface area contributed by atoms with Crippen molar-refractivity contribution in [2.24, 2.45) is 7.05 Å². The van der Waals surface area contributed by atoms with Gasteiger partial charge in [-0.2, -0.15) is 10.1 Å². The molecule has 1 aliphatic rings. The van der Waals surface area contributed by atoms with Crippen LogP contribution < -0.4 is 10.2 Å². The van der Waals surface area contributed by atoms with Gasteiger partial charge in [-0.3, -0.25) is 4.68 Å². The Balaban J connectivity index is 1.90. The van der Waals surface area contributed by atoms with Gasteiger partial charge in [-0.15, -0.1) is 0 Å². The summed E-state index contributed by atoms with van der Waals surface area (Å²) in [6, 6.07) is 2.26. The van der Waals surface area contributed by atoms with Crippen LogP contribution in [0.5, 0.6) is 0 Å². The number of hydrogen-bond acceptors (Lipinski definition) is 5. The minimum atomic E-state index is 0.196. The molecule has 0 radical (unpaired) electrons. The number of aromatic nitrogens is 4. The number of nitrogens with zero attached hydrogens (tertiary/aromatic N) is 5. The predicted molar refractivity (Wildman–Crippen MR) is 92.8 cm³/mol. The Morgan fingerprint density at radius 3 is 2.57 bits per heavy atom. The Morgan fingerprint density at radius 1 is 1.22 bits per heavy atom. The van der Waals surface area contributed by atoms with E-state index >= 15 is 0 Å². The van der Waals surface area contributed by atoms with Gasteiger partial charge in [-0.25, -0.2) is 4.98 Å². The van der Waals surface area contributed by atoms with Gasteiger partial charge in [-0.05, 0) is 39.2 Å². The largest absolute Gasteiger partial charge is 0.361 e. The number of anilines is 2. The van der Waals surface area contributed by atoms with Crippen LogP contribution in [0.4, 0.5) is 11.8 Å². The average Bonchev–Trinajstić information content (AvgIpc) is 3.20. The summed E-state index contributed by atoms with van der Waals surface area (Å²) in [6.07, 6.45) is 5.27. The summed E-state index contributed by atoms with van der Waals surface area (Å²) in [6.45, 7) is 8.44. The fourth-order valence-electron chi connectivity index (χ4n) is 3.09. The third-order valence-electron chi connectivity index (χ3n) is 4.70. The molecule has 0 aromatic carbocycles. The third kappa shape index (κ3) is 3.16. The Labute approximate surface area is 137 Å². The first-order valence-electron chi connectivity index (χ1n) is 8.44. The first-order valence-corrected chi connectivity index (χ1v) is 8.44. The monoisotopic (exact) mass is 314 g/mol. The normalized spacial score (nSPS) is 15.9. The lowest BCUT2D eigenvalue weighted by atomic mass is 10.1. The lowest BCUT2D eigenvalue weighted by molar-refractivity contribution is 0.631. The highest BCUT2D eigenvalue weighted by Crippen LogP contribution is 2.26. The molecule has 0 amide bonds. The van der Waals surface area contributed by atoms with Crippen molar-refractivity contribution in [3.05, 3.63) is 29.2 Å². The second-order valence-corrected chi connectivity index (χ2v) is 6.26. The second kappa shape index (κ2) is 6.56. The van der Waals surface area contributed by atoms with Crippen LogP contribution in [0.2, 0.25) is 0 Å². The molecule has 0 aliphatic carbocycles. The lowest BCUT2D eigenvalue weighted by Crippen LogP contribution is -2.23. The SMILES string of the molecule is CCC(Nc1nc(N2CCCC2)nc(C)c1C)c1ccnn1C. The average molecular weight is 314 g/mol. The molecule has 23 heavy (non-hydrogen) atoms. The molecule has 2 aromatic heterocycles. The van der Waals surface area contributed by atoms with Crippen LogP contribution in [0.25, 0.3) is 0 Å². The second-order valence-electron chi connectivity index (χ2n) is 6.26. The van der Waals surface area contributed by atoms with E-state index in [-0.39, 0.29) is 6.04 Å². The zero-order chi connectivity index (χ0) is 16.4. The smallest absolute Gasteiger partial charge is 0.227 e. The molecule has 1 fully saturated rings. The molecule has 1 unspecified atom stereocenters. The van der Waals surface area contributed by atoms with Gasteiger partial charge in [0, 0.05) is 37.6 Å². The highest BCUT2D eigenvalue weighted by molar-refractivity contribution is 5.51. The molecule has 1 saturated heterocycles. The molecule has 2 aromatic rings. The molecule has 0 spiro atoms. The Morgan fingerprint density at radius 2 is 1.96 bits per heavy atom. The van der Waals surface area contributed by atoms with Crippen LogP contribution in [0, 0.1) is 13.8 Å². The molecule has 3 heterocycles. The van der Waals surface area contributed by atoms with Gasteiger partial charge in [-0.1, -0.05) is 6.92 Å². The highest BCUT2D eigenvalue weighted by Gasteiger charge is 2.20. The third-order valence-corrected chi connectivity index (χ3v) is 4.70. The van der Waals surface area contributed by atoms with Gasteiger partial charge in [0.15, 0.2) is 0 Å². The summed E-state index contributed by atoms with van der Waals surface area (Å²) in [5.74, 6) is 1.79. The van der Waals surface area contributed by atoms with Crippen LogP contribution in [0.1, 0.15) is 49.2 Å². The van der Waals surface area contributed by atoms with Crippen molar-refractivity contribution in [2.45, 2.75) is 46.1 Å². The standard InChI is InChI=1S/C17H26N6/c1-5-14(15-8-9-18-22(15)4)20-16-12(2)13(3)19-17(21-16)23-10-6-7-11-23/h8-9,14H,5-7,10-11H2,1-4H3,(H,19,20,21). The van der Waals surface area contributed by atoms with E-state index in [2.05, 4.69) is 47.1 Å². The maximum atomic E-state index is 4.82. The molecule has 0 bridgehead atoms. The summed E-state index contributed by atoms with van der Waals surface area (Å²) < 4.78 is 1.92. The topological polar surface area (TPSA) is 58.9 Å². The van der Waals surface area contributed by atoms with E-state index in [0.29, 0.717) is 0 Å². The van der Waals surface area contributed by atoms with Crippen LogP contribution >= 0.6 is 0 Å². The zero-order valence-corrected chi connectivity index (χ0v) is 14.5. The highest BCUT2D eigenvalue weighted by atomic mass is 15.3. The van der Waals surface area contributed by atoms with Gasteiger partial charge >= 0.3 is 0 Å².